The SMILES string of the molecule is O=C(c1ccsc1)N1CC2(CCN(Cc3ccccc3F)C2)c2ncccc21. The Balaban J connectivity index is 1.43. The third-order valence-corrected chi connectivity index (χ3v) is 6.52. The molecule has 1 spiro atoms. The van der Waals surface area contributed by atoms with Crippen LogP contribution in [0.1, 0.15) is 28.0 Å². The molecule has 4 nitrogen and oxygen atoms in total. The molecule has 4 heterocycles. The number of carbonyl (C=O) groups is 1. The molecule has 0 saturated carbocycles. The van der Waals surface area contributed by atoms with Crippen molar-refractivity contribution in [3.05, 3.63) is 82.1 Å². The molecule has 6 heteroatoms. The van der Waals surface area contributed by atoms with E-state index in [0.717, 1.165) is 36.5 Å². The molecule has 3 aromatic rings. The van der Waals surface area contributed by atoms with E-state index in [-0.39, 0.29) is 17.1 Å². The number of aromatic nitrogens is 1. The maximum atomic E-state index is 14.1. The number of halogens is 1. The summed E-state index contributed by atoms with van der Waals surface area (Å²) in [6.07, 6.45) is 2.72. The normalized spacial score (nSPS) is 21.4. The molecule has 5 rings (SSSR count). The molecule has 0 aliphatic carbocycles. The number of anilines is 1. The second-order valence-corrected chi connectivity index (χ2v) is 8.39. The van der Waals surface area contributed by atoms with E-state index < -0.39 is 0 Å². The van der Waals surface area contributed by atoms with Crippen molar-refractivity contribution >= 4 is 22.9 Å². The zero-order valence-electron chi connectivity index (χ0n) is 15.3. The number of thiophene rings is 1. The zero-order chi connectivity index (χ0) is 19.1. The third-order valence-electron chi connectivity index (χ3n) is 5.84. The molecule has 1 fully saturated rings. The van der Waals surface area contributed by atoms with E-state index in [1.54, 1.807) is 12.3 Å². The van der Waals surface area contributed by atoms with Crippen LogP contribution in [0.2, 0.25) is 0 Å². The molecule has 1 aromatic carbocycles. The summed E-state index contributed by atoms with van der Waals surface area (Å²) < 4.78 is 14.1. The van der Waals surface area contributed by atoms with Gasteiger partial charge < -0.3 is 4.90 Å². The molecule has 0 bridgehead atoms. The Kier molecular flexibility index (Phi) is 4.25. The monoisotopic (exact) mass is 393 g/mol. The Labute approximate surface area is 167 Å². The van der Waals surface area contributed by atoms with Crippen LogP contribution in [0.15, 0.2) is 59.4 Å². The standard InChI is InChI=1S/C22H20FN3OS/c23-18-5-2-1-4-16(18)12-25-10-8-22(14-25)15-26(19-6-3-9-24-20(19)22)21(27)17-7-11-28-13-17/h1-7,9,11,13H,8,10,12,14-15H2. The first kappa shape index (κ1) is 17.5. The fourth-order valence-electron chi connectivity index (χ4n) is 4.49. The lowest BCUT2D eigenvalue weighted by molar-refractivity contribution is 0.0985. The van der Waals surface area contributed by atoms with Gasteiger partial charge >= 0.3 is 0 Å². The van der Waals surface area contributed by atoms with E-state index in [1.807, 2.05) is 46.0 Å². The smallest absolute Gasteiger partial charge is 0.259 e. The average molecular weight is 393 g/mol. The lowest BCUT2D eigenvalue weighted by Crippen LogP contribution is -2.39. The summed E-state index contributed by atoms with van der Waals surface area (Å²) >= 11 is 1.53. The van der Waals surface area contributed by atoms with Crippen LogP contribution in [0.3, 0.4) is 0 Å². The van der Waals surface area contributed by atoms with Gasteiger partial charge in [-0.25, -0.2) is 4.39 Å². The second-order valence-electron chi connectivity index (χ2n) is 7.61. The van der Waals surface area contributed by atoms with Gasteiger partial charge in [0.05, 0.1) is 16.9 Å². The van der Waals surface area contributed by atoms with Crippen LogP contribution < -0.4 is 4.90 Å². The Morgan fingerprint density at radius 2 is 2.07 bits per heavy atom. The number of nitrogens with zero attached hydrogens (tertiary/aromatic N) is 3. The van der Waals surface area contributed by atoms with E-state index >= 15 is 0 Å². The van der Waals surface area contributed by atoms with Crippen LogP contribution in [-0.4, -0.2) is 35.4 Å². The first-order valence-corrected chi connectivity index (χ1v) is 10.4. The highest BCUT2D eigenvalue weighted by molar-refractivity contribution is 7.08. The van der Waals surface area contributed by atoms with Crippen molar-refractivity contribution in [1.29, 1.82) is 0 Å². The van der Waals surface area contributed by atoms with Gasteiger partial charge in [-0.15, -0.1) is 0 Å². The number of benzene rings is 1. The van der Waals surface area contributed by atoms with Crippen molar-refractivity contribution in [2.24, 2.45) is 0 Å². The van der Waals surface area contributed by atoms with Crippen LogP contribution in [0, 0.1) is 5.82 Å². The Morgan fingerprint density at radius 3 is 2.89 bits per heavy atom. The lowest BCUT2D eigenvalue weighted by Gasteiger charge is -2.25. The fraction of sp³-hybridized carbons (Fsp3) is 0.273. The quantitative estimate of drug-likeness (QED) is 0.673. The van der Waals surface area contributed by atoms with Crippen molar-refractivity contribution < 1.29 is 9.18 Å². The van der Waals surface area contributed by atoms with Crippen LogP contribution in [0.25, 0.3) is 0 Å². The van der Waals surface area contributed by atoms with Gasteiger partial charge in [0.25, 0.3) is 5.91 Å². The molecule has 2 aliphatic heterocycles. The van der Waals surface area contributed by atoms with Gasteiger partial charge in [-0.05, 0) is 42.6 Å². The maximum absolute atomic E-state index is 14.1. The number of fused-ring (bicyclic) bond motifs is 2. The number of rotatable bonds is 3. The second kappa shape index (κ2) is 6.79. The van der Waals surface area contributed by atoms with Crippen LogP contribution in [-0.2, 0) is 12.0 Å². The molecule has 2 aromatic heterocycles. The maximum Gasteiger partial charge on any atom is 0.259 e. The molecule has 2 aliphatic rings. The molecule has 1 unspecified atom stereocenters. The summed E-state index contributed by atoms with van der Waals surface area (Å²) in [7, 11) is 0. The highest BCUT2D eigenvalue weighted by atomic mass is 32.1. The summed E-state index contributed by atoms with van der Waals surface area (Å²) in [5.41, 5.74) is 3.15. The summed E-state index contributed by atoms with van der Waals surface area (Å²) in [4.78, 5) is 21.9. The Bertz CT molecular complexity index is 1020. The number of amides is 1. The molecule has 142 valence electrons. The van der Waals surface area contributed by atoms with Gasteiger partial charge in [0, 0.05) is 42.2 Å². The van der Waals surface area contributed by atoms with E-state index in [4.69, 9.17) is 0 Å². The number of pyridine rings is 1. The molecule has 1 atom stereocenters. The van der Waals surface area contributed by atoms with Crippen LogP contribution in [0.5, 0.6) is 0 Å². The predicted octanol–water partition coefficient (Wildman–Crippen LogP) is 4.09. The van der Waals surface area contributed by atoms with E-state index in [0.29, 0.717) is 18.7 Å². The minimum absolute atomic E-state index is 0.0277. The van der Waals surface area contributed by atoms with Crippen LogP contribution in [0.4, 0.5) is 10.1 Å². The fourth-order valence-corrected chi connectivity index (χ4v) is 5.12. The topological polar surface area (TPSA) is 36.4 Å². The van der Waals surface area contributed by atoms with Crippen LogP contribution >= 0.6 is 11.3 Å². The van der Waals surface area contributed by atoms with Gasteiger partial charge in [0.1, 0.15) is 5.82 Å². The Morgan fingerprint density at radius 1 is 1.18 bits per heavy atom. The van der Waals surface area contributed by atoms with Crippen molar-refractivity contribution in [1.82, 2.24) is 9.88 Å². The van der Waals surface area contributed by atoms with Gasteiger partial charge in [-0.2, -0.15) is 11.3 Å². The average Bonchev–Trinajstić information content (AvgIpc) is 3.45. The first-order chi connectivity index (χ1) is 13.7. The summed E-state index contributed by atoms with van der Waals surface area (Å²) in [6, 6.07) is 12.7. The van der Waals surface area contributed by atoms with Crippen molar-refractivity contribution in [3.8, 4) is 0 Å². The highest BCUT2D eigenvalue weighted by Crippen LogP contribution is 2.45. The molecule has 1 amide bonds. The minimum atomic E-state index is -0.187. The predicted molar refractivity (Wildman–Crippen MR) is 108 cm³/mol. The van der Waals surface area contributed by atoms with E-state index in [9.17, 15) is 9.18 Å². The molecule has 28 heavy (non-hydrogen) atoms. The Hall–Kier alpha value is -2.57. The molecular formula is C22H20FN3OS. The largest absolute Gasteiger partial charge is 0.305 e. The van der Waals surface area contributed by atoms with Gasteiger partial charge in [-0.1, -0.05) is 18.2 Å². The first-order valence-electron chi connectivity index (χ1n) is 9.42. The van der Waals surface area contributed by atoms with Crippen molar-refractivity contribution in [2.45, 2.75) is 18.4 Å². The summed E-state index contributed by atoms with van der Waals surface area (Å²) in [6.45, 7) is 2.85. The number of likely N-dealkylation sites (tertiary alicyclic amines) is 1. The van der Waals surface area contributed by atoms with E-state index in [2.05, 4.69) is 9.88 Å². The minimum Gasteiger partial charge on any atom is -0.305 e. The molecule has 1 saturated heterocycles. The van der Waals surface area contributed by atoms with E-state index in [1.165, 1.54) is 17.4 Å². The van der Waals surface area contributed by atoms with Gasteiger partial charge in [-0.3, -0.25) is 14.7 Å². The number of hydrogen-bond acceptors (Lipinski definition) is 4. The highest BCUT2D eigenvalue weighted by Gasteiger charge is 2.50. The number of carbonyl (C=O) groups excluding carboxylic acids is 1. The van der Waals surface area contributed by atoms with Crippen molar-refractivity contribution in [3.63, 3.8) is 0 Å². The third kappa shape index (κ3) is 2.84. The summed E-state index contributed by atoms with van der Waals surface area (Å²) in [5, 5.41) is 3.82. The molecule has 0 N–H and O–H groups in total. The number of hydrogen-bond donors (Lipinski definition) is 0. The van der Waals surface area contributed by atoms with Gasteiger partial charge in [0.15, 0.2) is 0 Å². The molecule has 0 radical (unpaired) electrons. The lowest BCUT2D eigenvalue weighted by atomic mass is 9.85. The van der Waals surface area contributed by atoms with Gasteiger partial charge in [0.2, 0.25) is 0 Å². The zero-order valence-corrected chi connectivity index (χ0v) is 16.2. The van der Waals surface area contributed by atoms with Crippen molar-refractivity contribution in [2.75, 3.05) is 24.5 Å². The molecular weight excluding hydrogens is 373 g/mol. The summed E-state index contributed by atoms with van der Waals surface area (Å²) in [5.74, 6) is -0.136.